The van der Waals surface area contributed by atoms with Gasteiger partial charge >= 0.3 is 5.97 Å². The van der Waals surface area contributed by atoms with Crippen LogP contribution in [-0.2, 0) is 14.4 Å². The van der Waals surface area contributed by atoms with Crippen molar-refractivity contribution in [3.8, 4) is 0 Å². The van der Waals surface area contributed by atoms with Crippen LogP contribution in [0.15, 0.2) is 0 Å². The van der Waals surface area contributed by atoms with Crippen molar-refractivity contribution in [2.24, 2.45) is 11.3 Å². The van der Waals surface area contributed by atoms with Crippen LogP contribution in [0.4, 0.5) is 0 Å². The first kappa shape index (κ1) is 17.4. The standard InChI is InChI=1S/C14H28O4/c1-8-14(6,7)17-12(15)11(18-16)10(2)9-13(3,4)5/h10-11,16H,8-9H2,1-7H3. The fourth-order valence-corrected chi connectivity index (χ4v) is 1.85. The molecule has 18 heavy (non-hydrogen) atoms. The second-order valence-electron chi connectivity index (χ2n) is 6.80. The van der Waals surface area contributed by atoms with Gasteiger partial charge in [0.15, 0.2) is 6.10 Å². The van der Waals surface area contributed by atoms with Gasteiger partial charge in [-0.15, -0.1) is 0 Å². The first-order valence-corrected chi connectivity index (χ1v) is 6.55. The van der Waals surface area contributed by atoms with Crippen LogP contribution < -0.4 is 0 Å². The SMILES string of the molecule is CCC(C)(C)OC(=O)C(OO)C(C)CC(C)(C)C. The molecule has 0 aromatic rings. The van der Waals surface area contributed by atoms with Crippen LogP contribution in [0.5, 0.6) is 0 Å². The second-order valence-corrected chi connectivity index (χ2v) is 6.80. The molecular weight excluding hydrogens is 232 g/mol. The molecule has 2 unspecified atom stereocenters. The summed E-state index contributed by atoms with van der Waals surface area (Å²) in [6.45, 7) is 13.8. The Hall–Kier alpha value is -0.610. The number of carbonyl (C=O) groups is 1. The van der Waals surface area contributed by atoms with Crippen molar-refractivity contribution in [2.75, 3.05) is 0 Å². The highest BCUT2D eigenvalue weighted by atomic mass is 17.1. The van der Waals surface area contributed by atoms with E-state index in [-0.39, 0.29) is 11.3 Å². The van der Waals surface area contributed by atoms with Crippen molar-refractivity contribution < 1.29 is 19.7 Å². The first-order chi connectivity index (χ1) is 8.02. The zero-order chi connectivity index (χ0) is 14.6. The summed E-state index contributed by atoms with van der Waals surface area (Å²) < 4.78 is 5.35. The van der Waals surface area contributed by atoms with Crippen molar-refractivity contribution in [1.82, 2.24) is 0 Å². The predicted octanol–water partition coefficient (Wildman–Crippen LogP) is 3.65. The summed E-state index contributed by atoms with van der Waals surface area (Å²) in [4.78, 5) is 16.3. The van der Waals surface area contributed by atoms with E-state index in [0.29, 0.717) is 6.42 Å². The molecule has 108 valence electrons. The molecular formula is C14H28O4. The number of hydrogen-bond acceptors (Lipinski definition) is 4. The molecule has 4 nitrogen and oxygen atoms in total. The minimum absolute atomic E-state index is 0.0662. The number of ether oxygens (including phenoxy) is 1. The molecule has 0 heterocycles. The molecule has 4 heteroatoms. The summed E-state index contributed by atoms with van der Waals surface area (Å²) in [5.74, 6) is -0.601. The summed E-state index contributed by atoms with van der Waals surface area (Å²) in [5, 5.41) is 8.93. The molecule has 0 radical (unpaired) electrons. The Morgan fingerprint density at radius 3 is 2.06 bits per heavy atom. The number of hydrogen-bond donors (Lipinski definition) is 1. The van der Waals surface area contributed by atoms with Gasteiger partial charge in [-0.3, -0.25) is 5.26 Å². The molecule has 0 aliphatic heterocycles. The molecule has 1 N–H and O–H groups in total. The van der Waals surface area contributed by atoms with Gasteiger partial charge in [-0.2, -0.15) is 0 Å². The van der Waals surface area contributed by atoms with Gasteiger partial charge in [-0.1, -0.05) is 34.6 Å². The second kappa shape index (κ2) is 6.53. The molecule has 0 amide bonds. The summed E-state index contributed by atoms with van der Waals surface area (Å²) in [5.41, 5.74) is -0.466. The van der Waals surface area contributed by atoms with E-state index in [9.17, 15) is 4.79 Å². The Balaban J connectivity index is 4.63. The normalized spacial score (nSPS) is 16.2. The van der Waals surface area contributed by atoms with Crippen LogP contribution in [0.2, 0.25) is 0 Å². The molecule has 2 atom stereocenters. The Bertz CT molecular complexity index is 265. The van der Waals surface area contributed by atoms with Crippen LogP contribution in [-0.4, -0.2) is 22.9 Å². The van der Waals surface area contributed by atoms with Gasteiger partial charge in [0.2, 0.25) is 0 Å². The van der Waals surface area contributed by atoms with E-state index >= 15 is 0 Å². The van der Waals surface area contributed by atoms with E-state index in [1.165, 1.54) is 0 Å². The predicted molar refractivity (Wildman–Crippen MR) is 71.2 cm³/mol. The molecule has 0 aromatic heterocycles. The number of carbonyl (C=O) groups excluding carboxylic acids is 1. The third kappa shape index (κ3) is 6.36. The molecule has 0 spiro atoms. The van der Waals surface area contributed by atoms with Crippen LogP contribution in [0.3, 0.4) is 0 Å². The maximum atomic E-state index is 12.0. The Morgan fingerprint density at radius 1 is 1.22 bits per heavy atom. The summed E-state index contributed by atoms with van der Waals surface area (Å²) in [6, 6.07) is 0. The van der Waals surface area contributed by atoms with Crippen molar-refractivity contribution >= 4 is 5.97 Å². The van der Waals surface area contributed by atoms with Gasteiger partial charge in [-0.25, -0.2) is 9.68 Å². The topological polar surface area (TPSA) is 55.8 Å². The number of rotatable bonds is 6. The quantitative estimate of drug-likeness (QED) is 0.450. The third-order valence-electron chi connectivity index (χ3n) is 3.03. The highest BCUT2D eigenvalue weighted by molar-refractivity contribution is 5.75. The first-order valence-electron chi connectivity index (χ1n) is 6.55. The summed E-state index contributed by atoms with van der Waals surface area (Å²) >= 11 is 0. The highest BCUT2D eigenvalue weighted by Crippen LogP contribution is 2.28. The smallest absolute Gasteiger partial charge is 0.339 e. The van der Waals surface area contributed by atoms with E-state index in [1.807, 2.05) is 27.7 Å². The minimum Gasteiger partial charge on any atom is -0.458 e. The average Bonchev–Trinajstić information content (AvgIpc) is 2.14. The Morgan fingerprint density at radius 2 is 1.72 bits per heavy atom. The van der Waals surface area contributed by atoms with Crippen molar-refractivity contribution in [3.63, 3.8) is 0 Å². The fraction of sp³-hybridized carbons (Fsp3) is 0.929. The largest absolute Gasteiger partial charge is 0.458 e. The summed E-state index contributed by atoms with van der Waals surface area (Å²) in [7, 11) is 0. The van der Waals surface area contributed by atoms with Gasteiger partial charge in [0.05, 0.1) is 0 Å². The lowest BCUT2D eigenvalue weighted by Gasteiger charge is -2.30. The minimum atomic E-state index is -0.921. The molecule has 0 saturated heterocycles. The van der Waals surface area contributed by atoms with Gasteiger partial charge < -0.3 is 4.74 Å². The zero-order valence-corrected chi connectivity index (χ0v) is 12.7. The lowest BCUT2D eigenvalue weighted by atomic mass is 9.83. The molecule has 0 aromatic carbocycles. The monoisotopic (exact) mass is 260 g/mol. The van der Waals surface area contributed by atoms with Crippen LogP contribution in [0, 0.1) is 11.3 Å². The number of esters is 1. The van der Waals surface area contributed by atoms with E-state index in [4.69, 9.17) is 9.99 Å². The molecule has 0 aliphatic rings. The molecule has 0 fully saturated rings. The van der Waals surface area contributed by atoms with Gasteiger partial charge in [0.1, 0.15) is 5.60 Å². The lowest BCUT2D eigenvalue weighted by molar-refractivity contribution is -0.291. The fourth-order valence-electron chi connectivity index (χ4n) is 1.85. The van der Waals surface area contributed by atoms with Crippen molar-refractivity contribution in [2.45, 2.75) is 73.0 Å². The van der Waals surface area contributed by atoms with E-state index < -0.39 is 17.7 Å². The van der Waals surface area contributed by atoms with Crippen molar-refractivity contribution in [3.05, 3.63) is 0 Å². The molecule has 0 bridgehead atoms. The molecule has 0 aliphatic carbocycles. The van der Waals surface area contributed by atoms with E-state index in [0.717, 1.165) is 6.42 Å². The van der Waals surface area contributed by atoms with Crippen LogP contribution in [0.25, 0.3) is 0 Å². The van der Waals surface area contributed by atoms with Crippen LogP contribution >= 0.6 is 0 Å². The maximum absolute atomic E-state index is 12.0. The van der Waals surface area contributed by atoms with Crippen molar-refractivity contribution in [1.29, 1.82) is 0 Å². The van der Waals surface area contributed by atoms with Gasteiger partial charge in [0.25, 0.3) is 0 Å². The molecule has 0 rings (SSSR count). The van der Waals surface area contributed by atoms with Gasteiger partial charge in [-0.05, 0) is 38.0 Å². The van der Waals surface area contributed by atoms with Crippen LogP contribution in [0.1, 0.15) is 61.3 Å². The highest BCUT2D eigenvalue weighted by Gasteiger charge is 2.34. The zero-order valence-electron chi connectivity index (χ0n) is 12.7. The Kier molecular flexibility index (Phi) is 6.30. The summed E-state index contributed by atoms with van der Waals surface area (Å²) in [6.07, 6.45) is 0.555. The molecule has 0 saturated carbocycles. The van der Waals surface area contributed by atoms with E-state index in [2.05, 4.69) is 25.7 Å². The maximum Gasteiger partial charge on any atom is 0.339 e. The average molecular weight is 260 g/mol. The lowest BCUT2D eigenvalue weighted by Crippen LogP contribution is -2.39. The Labute approximate surface area is 111 Å². The third-order valence-corrected chi connectivity index (χ3v) is 3.03. The van der Waals surface area contributed by atoms with E-state index in [1.54, 1.807) is 0 Å². The van der Waals surface area contributed by atoms with Gasteiger partial charge in [0, 0.05) is 0 Å².